The highest BCUT2D eigenvalue weighted by atomic mass is 16.5. The Bertz CT molecular complexity index is 1350. The second-order valence-corrected chi connectivity index (χ2v) is 8.41. The molecule has 9 heteroatoms. The quantitative estimate of drug-likeness (QED) is 0.283. The second-order valence-electron chi connectivity index (χ2n) is 8.41. The number of nitrogens with zero attached hydrogens (tertiary/aromatic N) is 4. The number of ether oxygens (including phenoxy) is 2. The fourth-order valence-electron chi connectivity index (χ4n) is 4.33. The molecule has 36 heavy (non-hydrogen) atoms. The Kier molecular flexibility index (Phi) is 7.60. The Morgan fingerprint density at radius 2 is 2.00 bits per heavy atom. The average molecular weight is 488 g/mol. The zero-order valence-electron chi connectivity index (χ0n) is 20.3. The summed E-state index contributed by atoms with van der Waals surface area (Å²) < 4.78 is 10.5. The Hall–Kier alpha value is -4.24. The van der Waals surface area contributed by atoms with Gasteiger partial charge in [0.2, 0.25) is 11.8 Å². The van der Waals surface area contributed by atoms with E-state index in [1.54, 1.807) is 37.3 Å². The largest absolute Gasteiger partial charge is 0.508 e. The topological polar surface area (TPSA) is 123 Å². The molecular weight excluding hydrogens is 458 g/mol. The number of hydrogen-bond donors (Lipinski definition) is 2. The number of aromatic hydroxyl groups is 1. The summed E-state index contributed by atoms with van der Waals surface area (Å²) >= 11 is 0. The molecule has 0 saturated carbocycles. The first-order chi connectivity index (χ1) is 17.4. The maximum atomic E-state index is 12.5. The lowest BCUT2D eigenvalue weighted by molar-refractivity contribution is -0.118. The van der Waals surface area contributed by atoms with E-state index in [0.717, 1.165) is 35.2 Å². The minimum Gasteiger partial charge on any atom is -0.508 e. The minimum atomic E-state index is -0.870. The molecule has 1 aliphatic heterocycles. The van der Waals surface area contributed by atoms with Crippen molar-refractivity contribution >= 4 is 29.2 Å². The van der Waals surface area contributed by atoms with E-state index in [1.165, 1.54) is 13.4 Å². The lowest BCUT2D eigenvalue weighted by Gasteiger charge is -2.29. The molecule has 0 bridgehead atoms. The van der Waals surface area contributed by atoms with Crippen LogP contribution in [0.3, 0.4) is 0 Å². The van der Waals surface area contributed by atoms with Gasteiger partial charge in [-0.25, -0.2) is 15.0 Å². The van der Waals surface area contributed by atoms with Crippen LogP contribution in [0, 0.1) is 0 Å². The summed E-state index contributed by atoms with van der Waals surface area (Å²) in [6, 6.07) is 11.1. The number of aromatic nitrogens is 2. The highest BCUT2D eigenvalue weighted by Gasteiger charge is 2.24. The van der Waals surface area contributed by atoms with Gasteiger partial charge in [-0.1, -0.05) is 11.6 Å². The molecule has 0 radical (unpaired) electrons. The maximum absolute atomic E-state index is 12.5. The third kappa shape index (κ3) is 5.21. The molecule has 1 saturated heterocycles. The lowest BCUT2D eigenvalue weighted by Crippen LogP contribution is -2.36. The number of carbonyl (C=O) groups excluding carboxylic acids is 1. The third-order valence-electron chi connectivity index (χ3n) is 6.20. The molecule has 1 atom stereocenters. The van der Waals surface area contributed by atoms with Crippen LogP contribution in [-0.2, 0) is 14.3 Å². The maximum Gasteiger partial charge on any atom is 0.229 e. The van der Waals surface area contributed by atoms with Crippen molar-refractivity contribution in [2.24, 2.45) is 10.7 Å². The summed E-state index contributed by atoms with van der Waals surface area (Å²) in [5.74, 6) is -1.22. The van der Waals surface area contributed by atoms with Gasteiger partial charge in [0, 0.05) is 41.4 Å². The average Bonchev–Trinajstić information content (AvgIpc) is 2.90. The number of nitrogens with two attached hydrogens (primary N) is 1. The summed E-state index contributed by atoms with van der Waals surface area (Å²) in [5.41, 5.74) is 10.0. The number of methoxy groups -OCH3 is 1. The number of carbonyl (C=O) groups is 1. The Balaban J connectivity index is 1.75. The Labute approximate surface area is 209 Å². The Morgan fingerprint density at radius 3 is 2.69 bits per heavy atom. The van der Waals surface area contributed by atoms with Crippen LogP contribution in [0.1, 0.15) is 18.4 Å². The van der Waals surface area contributed by atoms with Crippen LogP contribution in [0.15, 0.2) is 71.3 Å². The summed E-state index contributed by atoms with van der Waals surface area (Å²) in [6.45, 7) is 8.25. The van der Waals surface area contributed by atoms with Crippen LogP contribution in [-0.4, -0.2) is 61.1 Å². The molecular formula is C27H29N5O4. The van der Waals surface area contributed by atoms with Gasteiger partial charge in [-0.15, -0.1) is 0 Å². The molecule has 4 rings (SSSR count). The molecule has 2 heterocycles. The highest BCUT2D eigenvalue weighted by Crippen LogP contribution is 2.36. The molecule has 9 nitrogen and oxygen atoms in total. The van der Waals surface area contributed by atoms with Crippen molar-refractivity contribution in [3.05, 3.63) is 71.9 Å². The third-order valence-corrected chi connectivity index (χ3v) is 6.20. The number of phenols is 1. The predicted molar refractivity (Wildman–Crippen MR) is 140 cm³/mol. The van der Waals surface area contributed by atoms with Gasteiger partial charge in [-0.3, -0.25) is 4.79 Å². The number of aliphatic imine (C=N–C) groups is 1. The summed E-state index contributed by atoms with van der Waals surface area (Å²) in [5, 5.41) is 11.5. The highest BCUT2D eigenvalue weighted by molar-refractivity contribution is 5.94. The SMILES string of the molecule is C=N/C(=C\C=C(/C)C(C(N)=O)c1cc(-c2ncnc3cc(N4CCOCC4)ccc23)ccc1O)OC. The molecule has 1 aromatic heterocycles. The first-order valence-electron chi connectivity index (χ1n) is 11.5. The number of hydrogen-bond acceptors (Lipinski definition) is 8. The zero-order chi connectivity index (χ0) is 25.7. The molecule has 1 aliphatic rings. The number of allylic oxidation sites excluding steroid dienone is 2. The van der Waals surface area contributed by atoms with Crippen molar-refractivity contribution in [3.8, 4) is 17.0 Å². The van der Waals surface area contributed by atoms with Crippen molar-refractivity contribution in [2.45, 2.75) is 12.8 Å². The number of morpholine rings is 1. The molecule has 0 spiro atoms. The second kappa shape index (κ2) is 11.0. The van der Waals surface area contributed by atoms with E-state index in [0.29, 0.717) is 35.9 Å². The van der Waals surface area contributed by atoms with E-state index < -0.39 is 11.8 Å². The van der Waals surface area contributed by atoms with Crippen molar-refractivity contribution in [3.63, 3.8) is 0 Å². The number of rotatable bonds is 8. The van der Waals surface area contributed by atoms with Gasteiger partial charge >= 0.3 is 0 Å². The van der Waals surface area contributed by atoms with Crippen molar-refractivity contribution in [1.29, 1.82) is 0 Å². The van der Waals surface area contributed by atoms with Gasteiger partial charge in [0.15, 0.2) is 0 Å². The zero-order valence-corrected chi connectivity index (χ0v) is 20.3. The summed E-state index contributed by atoms with van der Waals surface area (Å²) in [4.78, 5) is 27.5. The van der Waals surface area contributed by atoms with Gasteiger partial charge in [-0.05, 0) is 50.0 Å². The lowest BCUT2D eigenvalue weighted by atomic mass is 9.88. The minimum absolute atomic E-state index is 0.0407. The van der Waals surface area contributed by atoms with E-state index in [4.69, 9.17) is 15.2 Å². The van der Waals surface area contributed by atoms with Crippen molar-refractivity contribution < 1.29 is 19.4 Å². The van der Waals surface area contributed by atoms with Gasteiger partial charge in [0.25, 0.3) is 0 Å². The molecule has 1 unspecified atom stereocenters. The fourth-order valence-corrected chi connectivity index (χ4v) is 4.33. The van der Waals surface area contributed by atoms with E-state index in [1.807, 2.05) is 18.2 Å². The van der Waals surface area contributed by atoms with E-state index in [9.17, 15) is 9.90 Å². The van der Waals surface area contributed by atoms with Crippen LogP contribution < -0.4 is 10.6 Å². The van der Waals surface area contributed by atoms with E-state index in [-0.39, 0.29) is 5.75 Å². The number of phenolic OH excluding ortho intramolecular Hbond substituents is 1. The first kappa shape index (κ1) is 24.9. The molecule has 2 aromatic carbocycles. The monoisotopic (exact) mass is 487 g/mol. The predicted octanol–water partition coefficient (Wildman–Crippen LogP) is 3.54. The van der Waals surface area contributed by atoms with Gasteiger partial charge in [0.1, 0.15) is 12.1 Å². The standard InChI is InChI=1S/C27H29N5O4/c1-17(4-9-24(29-2)35-3)25(27(28)34)21-14-18(5-8-23(21)33)26-20-7-6-19(15-22(20)30-16-31-26)32-10-12-36-13-11-32/h4-9,14-16,25,33H,2,10-13H2,1,3H3,(H2,28,34)/b17-4+,24-9+. The molecule has 0 aliphatic carbocycles. The van der Waals surface area contributed by atoms with Gasteiger partial charge < -0.3 is 25.2 Å². The first-order valence-corrected chi connectivity index (χ1v) is 11.5. The van der Waals surface area contributed by atoms with Gasteiger partial charge in [0.05, 0.1) is 37.5 Å². The number of amides is 1. The normalized spacial score (nSPS) is 15.6. The molecule has 186 valence electrons. The van der Waals surface area contributed by atoms with Crippen LogP contribution in [0.2, 0.25) is 0 Å². The number of fused-ring (bicyclic) bond motifs is 1. The summed E-state index contributed by atoms with van der Waals surface area (Å²) in [7, 11) is 1.47. The number of benzene rings is 2. The van der Waals surface area contributed by atoms with Crippen LogP contribution in [0.4, 0.5) is 5.69 Å². The molecule has 1 amide bonds. The molecule has 3 N–H and O–H groups in total. The van der Waals surface area contributed by atoms with Crippen LogP contribution >= 0.6 is 0 Å². The Morgan fingerprint density at radius 1 is 1.22 bits per heavy atom. The van der Waals surface area contributed by atoms with Crippen LogP contribution in [0.25, 0.3) is 22.2 Å². The van der Waals surface area contributed by atoms with Crippen LogP contribution in [0.5, 0.6) is 5.75 Å². The smallest absolute Gasteiger partial charge is 0.229 e. The van der Waals surface area contributed by atoms with Crippen molar-refractivity contribution in [2.75, 3.05) is 38.3 Å². The van der Waals surface area contributed by atoms with Gasteiger partial charge in [-0.2, -0.15) is 0 Å². The van der Waals surface area contributed by atoms with E-state index in [2.05, 4.69) is 26.6 Å². The fraction of sp³-hybridized carbons (Fsp3) is 0.259. The molecule has 3 aromatic rings. The number of anilines is 1. The summed E-state index contributed by atoms with van der Waals surface area (Å²) in [6.07, 6.45) is 4.77. The van der Waals surface area contributed by atoms with Crippen molar-refractivity contribution in [1.82, 2.24) is 9.97 Å². The molecule has 1 fully saturated rings. The number of primary amides is 1. The van der Waals surface area contributed by atoms with E-state index >= 15 is 0 Å².